The van der Waals surface area contributed by atoms with Gasteiger partial charge in [-0.25, -0.2) is 0 Å². The van der Waals surface area contributed by atoms with Gasteiger partial charge in [-0.3, -0.25) is 4.72 Å². The molecule has 1 atom stereocenters. The Bertz CT molecular complexity index is 488. The summed E-state index contributed by atoms with van der Waals surface area (Å²) in [7, 11) is 0. The van der Waals surface area contributed by atoms with Crippen LogP contribution in [0, 0.1) is 0 Å². The van der Waals surface area contributed by atoms with E-state index in [0.717, 1.165) is 18.6 Å². The molecule has 3 heteroatoms. The molecular weight excluding hydrogens is 290 g/mol. The van der Waals surface area contributed by atoms with Crippen molar-refractivity contribution in [3.8, 4) is 0 Å². The zero-order valence-corrected chi connectivity index (χ0v) is 15.3. The van der Waals surface area contributed by atoms with Crippen LogP contribution >= 0.6 is 11.9 Å². The Labute approximate surface area is 140 Å². The van der Waals surface area contributed by atoms with E-state index in [2.05, 4.69) is 70.2 Å². The summed E-state index contributed by atoms with van der Waals surface area (Å²) >= 11 is 1.70. The van der Waals surface area contributed by atoms with Gasteiger partial charge in [-0.2, -0.15) is 0 Å². The van der Waals surface area contributed by atoms with Crippen LogP contribution in [0.3, 0.4) is 0 Å². The maximum atomic E-state index is 5.81. The molecule has 0 heterocycles. The summed E-state index contributed by atoms with van der Waals surface area (Å²) in [6.07, 6.45) is 3.93. The first-order valence-electron chi connectivity index (χ1n) is 7.87. The molecule has 0 radical (unpaired) electrons. The number of hydrogen-bond donors (Lipinski definition) is 1. The highest BCUT2D eigenvalue weighted by Crippen LogP contribution is 2.23. The third-order valence-electron chi connectivity index (χ3n) is 3.04. The molecule has 0 saturated carbocycles. The molecule has 1 rings (SSSR count). The minimum Gasteiger partial charge on any atom is -0.468 e. The smallest absolute Gasteiger partial charge is 0.114 e. The van der Waals surface area contributed by atoms with Gasteiger partial charge in [0, 0.05) is 4.75 Å². The second-order valence-corrected chi connectivity index (χ2v) is 8.06. The molecule has 0 aromatic heterocycles. The van der Waals surface area contributed by atoms with Crippen LogP contribution in [-0.2, 0) is 4.74 Å². The molecule has 0 amide bonds. The lowest BCUT2D eigenvalue weighted by Crippen LogP contribution is -2.27. The first kappa shape index (κ1) is 18.9. The fraction of sp³-hybridized carbons (Fsp3) is 0.474. The average molecular weight is 320 g/mol. The van der Waals surface area contributed by atoms with Crippen molar-refractivity contribution < 1.29 is 4.74 Å². The number of hydrogen-bond acceptors (Lipinski definition) is 3. The Hall–Kier alpha value is -1.19. The molecule has 2 nitrogen and oxygen atoms in total. The molecule has 122 valence electrons. The Morgan fingerprint density at radius 3 is 2.50 bits per heavy atom. The molecule has 0 bridgehead atoms. The highest BCUT2D eigenvalue weighted by Gasteiger charge is 2.15. The highest BCUT2D eigenvalue weighted by atomic mass is 32.2. The van der Waals surface area contributed by atoms with E-state index in [-0.39, 0.29) is 10.8 Å². The van der Waals surface area contributed by atoms with Crippen LogP contribution in [-0.4, -0.2) is 10.8 Å². The van der Waals surface area contributed by atoms with E-state index in [4.69, 9.17) is 4.74 Å². The van der Waals surface area contributed by atoms with Crippen LogP contribution in [0.2, 0.25) is 0 Å². The van der Waals surface area contributed by atoms with E-state index in [9.17, 15) is 0 Å². The summed E-state index contributed by atoms with van der Waals surface area (Å²) < 4.78 is 9.35. The molecule has 0 spiro atoms. The van der Waals surface area contributed by atoms with Crippen molar-refractivity contribution >= 4 is 17.5 Å². The van der Waals surface area contributed by atoms with Gasteiger partial charge >= 0.3 is 0 Å². The number of rotatable bonds is 8. The standard InChI is InChI=1S/C19H29NOS/c1-7-11-18(17-12-9-8-10-13-17)14-21-16(3)15(2)20-22-19(4,5)6/h8-10,12-15,20H,3,7,11H2,1-2,4-6H3/b18-14+. The minimum absolute atomic E-state index is 0.0964. The van der Waals surface area contributed by atoms with Gasteiger partial charge in [-0.05, 0) is 45.3 Å². The number of nitrogens with one attached hydrogen (secondary N) is 1. The summed E-state index contributed by atoms with van der Waals surface area (Å²) in [5.74, 6) is 0.737. The zero-order chi connectivity index (χ0) is 16.6. The molecule has 0 aliphatic heterocycles. The zero-order valence-electron chi connectivity index (χ0n) is 14.5. The molecule has 0 saturated heterocycles. The van der Waals surface area contributed by atoms with Gasteiger partial charge in [0.15, 0.2) is 0 Å². The molecule has 1 aromatic carbocycles. The molecule has 1 unspecified atom stereocenters. The number of ether oxygens (including phenoxy) is 1. The predicted molar refractivity (Wildman–Crippen MR) is 99.5 cm³/mol. The predicted octanol–water partition coefficient (Wildman–Crippen LogP) is 5.78. The molecule has 0 aliphatic carbocycles. The van der Waals surface area contributed by atoms with Crippen molar-refractivity contribution in [1.82, 2.24) is 4.72 Å². The molecular formula is C19H29NOS. The molecule has 1 N–H and O–H groups in total. The second-order valence-electron chi connectivity index (χ2n) is 6.40. The van der Waals surface area contributed by atoms with Crippen LogP contribution in [0.4, 0.5) is 0 Å². The van der Waals surface area contributed by atoms with Gasteiger partial charge in [0.2, 0.25) is 0 Å². The summed E-state index contributed by atoms with van der Waals surface area (Å²) in [5, 5.41) is 0. The van der Waals surface area contributed by atoms with Gasteiger partial charge in [0.25, 0.3) is 0 Å². The lowest BCUT2D eigenvalue weighted by Gasteiger charge is -2.22. The Kier molecular flexibility index (Phi) is 7.77. The maximum Gasteiger partial charge on any atom is 0.114 e. The highest BCUT2D eigenvalue weighted by molar-refractivity contribution is 7.98. The summed E-state index contributed by atoms with van der Waals surface area (Å²) in [4.78, 5) is 0. The summed E-state index contributed by atoms with van der Waals surface area (Å²) in [6.45, 7) is 14.8. The van der Waals surface area contributed by atoms with Crippen LogP contribution < -0.4 is 4.72 Å². The Morgan fingerprint density at radius 1 is 1.32 bits per heavy atom. The van der Waals surface area contributed by atoms with E-state index in [1.165, 1.54) is 11.1 Å². The van der Waals surface area contributed by atoms with Crippen molar-refractivity contribution in [2.45, 2.75) is 58.2 Å². The van der Waals surface area contributed by atoms with Gasteiger partial charge < -0.3 is 4.74 Å². The first-order valence-corrected chi connectivity index (χ1v) is 8.68. The van der Waals surface area contributed by atoms with Crippen molar-refractivity contribution in [1.29, 1.82) is 0 Å². The third-order valence-corrected chi connectivity index (χ3v) is 4.13. The Balaban J connectivity index is 2.64. The third kappa shape index (κ3) is 7.19. The van der Waals surface area contributed by atoms with Crippen molar-refractivity contribution in [2.75, 3.05) is 0 Å². The fourth-order valence-electron chi connectivity index (χ4n) is 1.77. The van der Waals surface area contributed by atoms with Crippen LogP contribution in [0.5, 0.6) is 0 Å². The number of allylic oxidation sites excluding steroid dienone is 1. The minimum atomic E-state index is 0.0964. The number of benzene rings is 1. The Morgan fingerprint density at radius 2 is 1.95 bits per heavy atom. The largest absolute Gasteiger partial charge is 0.468 e. The fourth-order valence-corrected chi connectivity index (χ4v) is 2.43. The molecule has 0 fully saturated rings. The second kappa shape index (κ2) is 9.06. The quantitative estimate of drug-likeness (QED) is 0.484. The van der Waals surface area contributed by atoms with Crippen molar-refractivity contribution in [3.05, 3.63) is 54.5 Å². The van der Waals surface area contributed by atoms with Crippen LogP contribution in [0.1, 0.15) is 53.0 Å². The van der Waals surface area contributed by atoms with Gasteiger partial charge in [-0.1, -0.05) is 62.2 Å². The summed E-state index contributed by atoms with van der Waals surface area (Å²) in [6, 6.07) is 10.5. The lowest BCUT2D eigenvalue weighted by atomic mass is 10.0. The monoisotopic (exact) mass is 319 g/mol. The van der Waals surface area contributed by atoms with E-state index in [1.807, 2.05) is 12.3 Å². The van der Waals surface area contributed by atoms with Crippen LogP contribution in [0.25, 0.3) is 5.57 Å². The van der Waals surface area contributed by atoms with Crippen LogP contribution in [0.15, 0.2) is 48.9 Å². The van der Waals surface area contributed by atoms with Gasteiger partial charge in [0.1, 0.15) is 5.76 Å². The normalized spacial score (nSPS) is 13.8. The summed E-state index contributed by atoms with van der Waals surface area (Å²) in [5.41, 5.74) is 2.42. The molecule has 0 aliphatic rings. The van der Waals surface area contributed by atoms with Crippen molar-refractivity contribution in [3.63, 3.8) is 0 Å². The van der Waals surface area contributed by atoms with Gasteiger partial charge in [0.05, 0.1) is 12.3 Å². The lowest BCUT2D eigenvalue weighted by molar-refractivity contribution is 0.321. The molecule has 1 aromatic rings. The van der Waals surface area contributed by atoms with E-state index >= 15 is 0 Å². The average Bonchev–Trinajstić information content (AvgIpc) is 2.48. The van der Waals surface area contributed by atoms with Gasteiger partial charge in [-0.15, -0.1) is 0 Å². The molecule has 22 heavy (non-hydrogen) atoms. The first-order chi connectivity index (χ1) is 10.3. The maximum absolute atomic E-state index is 5.81. The topological polar surface area (TPSA) is 21.3 Å². The van der Waals surface area contributed by atoms with Crippen molar-refractivity contribution in [2.24, 2.45) is 0 Å². The van der Waals surface area contributed by atoms with E-state index < -0.39 is 0 Å². The SMILES string of the molecule is C=C(O/C=C(\CCC)c1ccccc1)C(C)NSC(C)(C)C. The van der Waals surface area contributed by atoms with E-state index in [0.29, 0.717) is 0 Å². The van der Waals surface area contributed by atoms with E-state index in [1.54, 1.807) is 11.9 Å².